The molecule has 2 aromatic carbocycles. The first-order valence-electron chi connectivity index (χ1n) is 11.5. The predicted molar refractivity (Wildman–Crippen MR) is 133 cm³/mol. The third-order valence-corrected chi connectivity index (χ3v) is 14.7. The Hall–Kier alpha value is -0.183. The van der Waals surface area contributed by atoms with Gasteiger partial charge < -0.3 is 24.8 Å². The summed E-state index contributed by atoms with van der Waals surface area (Å²) in [5, 5.41) is 0. The van der Waals surface area contributed by atoms with Gasteiger partial charge in [0.1, 0.15) is 0 Å². The molecule has 1 heterocycles. The van der Waals surface area contributed by atoms with Crippen LogP contribution < -0.4 is 24.8 Å². The molecule has 0 N–H and O–H groups in total. The minimum absolute atomic E-state index is 0. The van der Waals surface area contributed by atoms with E-state index in [2.05, 4.69) is 93.9 Å². The van der Waals surface area contributed by atoms with E-state index in [-0.39, 0.29) is 24.8 Å². The van der Waals surface area contributed by atoms with Gasteiger partial charge in [-0.25, -0.2) is 0 Å². The fourth-order valence-electron chi connectivity index (χ4n) is 5.87. The maximum atomic E-state index is 2.81. The molecule has 2 aliphatic carbocycles. The quantitative estimate of drug-likeness (QED) is 0.489. The van der Waals surface area contributed by atoms with Crippen LogP contribution in [0.25, 0.3) is 11.1 Å². The van der Waals surface area contributed by atoms with Crippen LogP contribution in [0.5, 0.6) is 0 Å². The maximum absolute atomic E-state index is 2.81. The Bertz CT molecular complexity index is 1090. The molecule has 2 unspecified atom stereocenters. The van der Waals surface area contributed by atoms with E-state index in [0.717, 1.165) is 3.63 Å². The van der Waals surface area contributed by atoms with Gasteiger partial charge in [0.2, 0.25) is 0 Å². The van der Waals surface area contributed by atoms with E-state index in [1.807, 2.05) is 5.57 Å². The average Bonchev–Trinajstić information content (AvgIpc) is 3.25. The van der Waals surface area contributed by atoms with E-state index in [9.17, 15) is 0 Å². The van der Waals surface area contributed by atoms with Crippen molar-refractivity contribution in [3.8, 4) is 0 Å². The molecule has 32 heavy (non-hydrogen) atoms. The molecular weight excluding hydrogens is 543 g/mol. The van der Waals surface area contributed by atoms with Crippen LogP contribution in [0.1, 0.15) is 32.3 Å². The zero-order valence-corrected chi connectivity index (χ0v) is 26.1. The maximum Gasteiger partial charge on any atom is -1.00 e. The van der Waals surface area contributed by atoms with Gasteiger partial charge in [-0.2, -0.15) is 0 Å². The van der Waals surface area contributed by atoms with E-state index < -0.39 is 39.4 Å². The molecule has 0 nitrogen and oxygen atoms in total. The van der Waals surface area contributed by atoms with Crippen LogP contribution in [0, 0.1) is 0 Å². The number of rotatable bonds is 4. The summed E-state index contributed by atoms with van der Waals surface area (Å²) < 4.78 is 1.19. The smallest absolute Gasteiger partial charge is 1.00 e. The average molecular weight is 577 g/mol. The summed E-state index contributed by atoms with van der Waals surface area (Å²) in [7, 11) is -2.31. The van der Waals surface area contributed by atoms with Crippen LogP contribution in [0.2, 0.25) is 51.4 Å². The van der Waals surface area contributed by atoms with Crippen LogP contribution in [0.15, 0.2) is 60.2 Å². The van der Waals surface area contributed by atoms with Gasteiger partial charge in [-0.1, -0.05) is 0 Å². The molecule has 0 saturated carbocycles. The van der Waals surface area contributed by atoms with Gasteiger partial charge >= 0.3 is 198 Å². The van der Waals surface area contributed by atoms with Crippen LogP contribution in [-0.4, -0.2) is 16.1 Å². The van der Waals surface area contributed by atoms with Gasteiger partial charge in [-0.05, 0) is 0 Å². The van der Waals surface area contributed by atoms with Crippen molar-refractivity contribution in [3.05, 3.63) is 82.4 Å². The van der Waals surface area contributed by atoms with Crippen molar-refractivity contribution in [2.24, 2.45) is 0 Å². The molecular formula is C27H34Cl2Si2Zr. The minimum Gasteiger partial charge on any atom is -1.00 e. The Morgan fingerprint density at radius 3 is 2.06 bits per heavy atom. The number of hydrogen-bond donors (Lipinski definition) is 0. The molecule has 0 bridgehead atoms. The molecule has 0 amide bonds. The number of benzene rings is 2. The van der Waals surface area contributed by atoms with E-state index in [1.165, 1.54) is 18.5 Å². The number of allylic oxidation sites excluding steroid dienone is 4. The third kappa shape index (κ3) is 4.67. The standard InChI is InChI=1S/C27H34Si2.2ClH.Zr/c1-28(2,3)18-23-17-21(25-13-9-10-14-26(23)25)16-22-15-20-11-7-8-12-24(20)27(22)19-29(4,5)6;;;/h7-15,17H,16,18-19H2,1-6H3;2*1H;/q;;;+2/p-2. The fraction of sp³-hybridized carbons (Fsp3) is 0.407. The summed E-state index contributed by atoms with van der Waals surface area (Å²) in [6.07, 6.45) is 4.12. The first-order chi connectivity index (χ1) is 14.1. The topological polar surface area (TPSA) is 0 Å². The third-order valence-electron chi connectivity index (χ3n) is 6.81. The van der Waals surface area contributed by atoms with Gasteiger partial charge in [0, 0.05) is 0 Å². The van der Waals surface area contributed by atoms with E-state index in [4.69, 9.17) is 0 Å². The first kappa shape index (κ1) is 26.4. The summed E-state index contributed by atoms with van der Waals surface area (Å²) in [6, 6.07) is 21.6. The largest absolute Gasteiger partial charge is 1.00 e. The number of fused-ring (bicyclic) bond motifs is 5. The Morgan fingerprint density at radius 2 is 1.41 bits per heavy atom. The van der Waals surface area contributed by atoms with Crippen LogP contribution in [0.3, 0.4) is 0 Å². The monoisotopic (exact) mass is 574 g/mol. The summed E-state index contributed by atoms with van der Waals surface area (Å²) in [4.78, 5) is 0. The molecule has 2 aromatic rings. The normalized spacial score (nSPS) is 22.8. The molecule has 1 spiro atoms. The molecule has 1 saturated heterocycles. The summed E-state index contributed by atoms with van der Waals surface area (Å²) >= 11 is -0.710. The SMILES string of the molecule is C[Si](C)(C)CC1=C[C]2(CC3=C(C[Si](C)(C)C)c4ccccc4[CH]3[Zr+2]2)c2ccccc21.[Cl-].[Cl-]. The Labute approximate surface area is 220 Å². The summed E-state index contributed by atoms with van der Waals surface area (Å²) in [5.41, 5.74) is 11.9. The Balaban J connectivity index is 0.00000144. The molecule has 2 atom stereocenters. The minimum atomic E-state index is -1.17. The molecule has 0 aromatic heterocycles. The number of hydrogen-bond acceptors (Lipinski definition) is 0. The molecule has 5 rings (SSSR count). The molecule has 168 valence electrons. The van der Waals surface area contributed by atoms with Crippen molar-refractivity contribution in [3.63, 3.8) is 0 Å². The van der Waals surface area contributed by atoms with Gasteiger partial charge in [-0.15, -0.1) is 0 Å². The summed E-state index contributed by atoms with van der Waals surface area (Å²) in [6.45, 7) is 15.2. The molecule has 5 heteroatoms. The van der Waals surface area contributed by atoms with E-state index in [1.54, 1.807) is 33.4 Å². The van der Waals surface area contributed by atoms with Crippen molar-refractivity contribution < 1.29 is 48.0 Å². The van der Waals surface area contributed by atoms with Crippen molar-refractivity contribution >= 4 is 27.3 Å². The van der Waals surface area contributed by atoms with Crippen LogP contribution >= 0.6 is 0 Å². The second kappa shape index (κ2) is 9.12. The Kier molecular flexibility index (Phi) is 7.53. The number of halogens is 2. The van der Waals surface area contributed by atoms with E-state index in [0.29, 0.717) is 3.12 Å². The van der Waals surface area contributed by atoms with Gasteiger partial charge in [0.05, 0.1) is 0 Å². The molecule has 3 aliphatic rings. The predicted octanol–water partition coefficient (Wildman–Crippen LogP) is 1.96. The summed E-state index contributed by atoms with van der Waals surface area (Å²) in [5.74, 6) is 0. The Morgan fingerprint density at radius 1 is 0.812 bits per heavy atom. The van der Waals surface area contributed by atoms with Crippen molar-refractivity contribution in [1.29, 1.82) is 0 Å². The van der Waals surface area contributed by atoms with E-state index >= 15 is 0 Å². The van der Waals surface area contributed by atoms with Gasteiger partial charge in [0.15, 0.2) is 0 Å². The van der Waals surface area contributed by atoms with Gasteiger partial charge in [0.25, 0.3) is 0 Å². The zero-order chi connectivity index (χ0) is 21.3. The molecule has 0 radical (unpaired) electrons. The molecule has 1 aliphatic heterocycles. The second-order valence-electron chi connectivity index (χ2n) is 12.0. The second-order valence-corrected chi connectivity index (χ2v) is 27.3. The van der Waals surface area contributed by atoms with Crippen LogP contribution in [0.4, 0.5) is 0 Å². The van der Waals surface area contributed by atoms with Crippen molar-refractivity contribution in [2.75, 3.05) is 0 Å². The van der Waals surface area contributed by atoms with Crippen molar-refractivity contribution in [2.45, 2.75) is 64.5 Å². The van der Waals surface area contributed by atoms with Gasteiger partial charge in [-0.3, -0.25) is 0 Å². The fourth-order valence-corrected chi connectivity index (χ4v) is 14.4. The first-order valence-corrected chi connectivity index (χ1v) is 21.5. The van der Waals surface area contributed by atoms with Crippen molar-refractivity contribution in [1.82, 2.24) is 0 Å². The molecule has 1 fully saturated rings. The van der Waals surface area contributed by atoms with Crippen LogP contribution in [-0.2, 0) is 26.4 Å². The zero-order valence-electron chi connectivity index (χ0n) is 20.2.